The van der Waals surface area contributed by atoms with Gasteiger partial charge in [0.05, 0.1) is 16.1 Å². The molecule has 9 heteroatoms. The standard InChI is InChI=1S/C29H21NO7S/c1-19-6-8-21(9-7-19)28(32)37-23-14-10-20(11-15-23)26(31)18-36-29(33)25-4-2-3-5-27(25)38-24-16-12-22(13-17-24)30(34)35/h2-17H,18H2,1H3. The van der Waals surface area contributed by atoms with Crippen molar-refractivity contribution in [3.05, 3.63) is 129 Å². The summed E-state index contributed by atoms with van der Waals surface area (Å²) >= 11 is 1.25. The highest BCUT2D eigenvalue weighted by molar-refractivity contribution is 7.99. The van der Waals surface area contributed by atoms with Crippen molar-refractivity contribution in [3.8, 4) is 5.75 Å². The van der Waals surface area contributed by atoms with Crippen molar-refractivity contribution in [3.63, 3.8) is 0 Å². The molecule has 4 rings (SSSR count). The van der Waals surface area contributed by atoms with Gasteiger partial charge in [0, 0.05) is 27.5 Å². The molecule has 0 spiro atoms. The maximum atomic E-state index is 12.7. The van der Waals surface area contributed by atoms with Gasteiger partial charge in [-0.3, -0.25) is 14.9 Å². The van der Waals surface area contributed by atoms with E-state index in [1.165, 1.54) is 48.2 Å². The SMILES string of the molecule is Cc1ccc(C(=O)Oc2ccc(C(=O)COC(=O)c3ccccc3Sc3ccc([N+](=O)[O-])cc3)cc2)cc1. The average Bonchev–Trinajstić information content (AvgIpc) is 2.93. The second-order valence-corrected chi connectivity index (χ2v) is 9.24. The zero-order chi connectivity index (χ0) is 27.1. The minimum atomic E-state index is -0.674. The maximum absolute atomic E-state index is 12.7. The molecule has 4 aromatic carbocycles. The molecular weight excluding hydrogens is 506 g/mol. The van der Waals surface area contributed by atoms with Gasteiger partial charge in [0.2, 0.25) is 0 Å². The van der Waals surface area contributed by atoms with Crippen molar-refractivity contribution in [2.24, 2.45) is 0 Å². The van der Waals surface area contributed by atoms with Crippen LogP contribution in [-0.2, 0) is 4.74 Å². The normalized spacial score (nSPS) is 10.4. The molecule has 0 aliphatic heterocycles. The number of ether oxygens (including phenoxy) is 2. The summed E-state index contributed by atoms with van der Waals surface area (Å²) in [5.74, 6) is -1.33. The smallest absolute Gasteiger partial charge is 0.343 e. The minimum absolute atomic E-state index is 0.0296. The van der Waals surface area contributed by atoms with Crippen molar-refractivity contribution in [2.45, 2.75) is 16.7 Å². The molecule has 0 saturated heterocycles. The lowest BCUT2D eigenvalue weighted by atomic mass is 10.1. The molecule has 0 saturated carbocycles. The molecule has 0 N–H and O–H groups in total. The van der Waals surface area contributed by atoms with Crippen molar-refractivity contribution in [1.82, 2.24) is 0 Å². The highest BCUT2D eigenvalue weighted by Gasteiger charge is 2.17. The zero-order valence-electron chi connectivity index (χ0n) is 20.2. The lowest BCUT2D eigenvalue weighted by molar-refractivity contribution is -0.384. The van der Waals surface area contributed by atoms with Crippen LogP contribution in [0.5, 0.6) is 5.75 Å². The minimum Gasteiger partial charge on any atom is -0.454 e. The van der Waals surface area contributed by atoms with Gasteiger partial charge in [0.25, 0.3) is 5.69 Å². The summed E-state index contributed by atoms with van der Waals surface area (Å²) in [6.45, 7) is 1.44. The van der Waals surface area contributed by atoms with E-state index in [4.69, 9.17) is 9.47 Å². The van der Waals surface area contributed by atoms with Crippen molar-refractivity contribution < 1.29 is 28.8 Å². The number of carbonyl (C=O) groups excluding carboxylic acids is 3. The summed E-state index contributed by atoms with van der Waals surface area (Å²) in [6, 6.07) is 25.6. The monoisotopic (exact) mass is 527 g/mol. The Labute approximate surface area is 222 Å². The Balaban J connectivity index is 1.35. The number of aryl methyl sites for hydroxylation is 1. The molecule has 38 heavy (non-hydrogen) atoms. The molecule has 0 aromatic heterocycles. The fourth-order valence-corrected chi connectivity index (χ4v) is 4.28. The molecule has 8 nitrogen and oxygen atoms in total. The summed E-state index contributed by atoms with van der Waals surface area (Å²) in [5, 5.41) is 10.9. The largest absolute Gasteiger partial charge is 0.454 e. The fourth-order valence-electron chi connectivity index (χ4n) is 3.34. The molecule has 4 aromatic rings. The number of rotatable bonds is 9. The fraction of sp³-hybridized carbons (Fsp3) is 0.0690. The van der Waals surface area contributed by atoms with Crippen LogP contribution in [0.25, 0.3) is 0 Å². The van der Waals surface area contributed by atoms with Gasteiger partial charge >= 0.3 is 11.9 Å². The number of esters is 2. The molecule has 0 radical (unpaired) electrons. The lowest BCUT2D eigenvalue weighted by Crippen LogP contribution is -2.15. The maximum Gasteiger partial charge on any atom is 0.343 e. The van der Waals surface area contributed by atoms with Gasteiger partial charge in [0.1, 0.15) is 5.75 Å². The van der Waals surface area contributed by atoms with Gasteiger partial charge in [0.15, 0.2) is 12.4 Å². The zero-order valence-corrected chi connectivity index (χ0v) is 21.0. The number of ketones is 1. The van der Waals surface area contributed by atoms with Gasteiger partial charge in [-0.25, -0.2) is 9.59 Å². The summed E-state index contributed by atoms with van der Waals surface area (Å²) < 4.78 is 10.6. The van der Waals surface area contributed by atoms with E-state index in [1.807, 2.05) is 19.1 Å². The summed E-state index contributed by atoms with van der Waals surface area (Å²) in [7, 11) is 0. The first-order chi connectivity index (χ1) is 18.3. The molecule has 0 unspecified atom stereocenters. The second-order valence-electron chi connectivity index (χ2n) is 8.13. The first kappa shape index (κ1) is 26.3. The predicted molar refractivity (Wildman–Crippen MR) is 141 cm³/mol. The first-order valence-electron chi connectivity index (χ1n) is 11.4. The number of nitro groups is 1. The second kappa shape index (κ2) is 12.0. The van der Waals surface area contributed by atoms with Gasteiger partial charge < -0.3 is 9.47 Å². The quantitative estimate of drug-likeness (QED) is 0.0818. The van der Waals surface area contributed by atoms with Crippen LogP contribution < -0.4 is 4.74 Å². The van der Waals surface area contributed by atoms with Crippen LogP contribution in [-0.4, -0.2) is 29.3 Å². The third-order valence-corrected chi connectivity index (χ3v) is 6.47. The third kappa shape index (κ3) is 6.71. The number of hydrogen-bond acceptors (Lipinski definition) is 8. The van der Waals surface area contributed by atoms with E-state index >= 15 is 0 Å². The first-order valence-corrected chi connectivity index (χ1v) is 12.2. The van der Waals surface area contributed by atoms with E-state index in [9.17, 15) is 24.5 Å². The van der Waals surface area contributed by atoms with Crippen LogP contribution in [0.1, 0.15) is 36.6 Å². The highest BCUT2D eigenvalue weighted by Crippen LogP contribution is 2.32. The third-order valence-electron chi connectivity index (χ3n) is 5.39. The van der Waals surface area contributed by atoms with Gasteiger partial charge in [-0.15, -0.1) is 0 Å². The molecule has 0 atom stereocenters. The summed E-state index contributed by atoms with van der Waals surface area (Å²) in [6.07, 6.45) is 0. The summed E-state index contributed by atoms with van der Waals surface area (Å²) in [4.78, 5) is 49.2. The van der Waals surface area contributed by atoms with Crippen LogP contribution in [0.3, 0.4) is 0 Å². The van der Waals surface area contributed by atoms with E-state index in [-0.39, 0.29) is 17.0 Å². The molecule has 0 fully saturated rings. The topological polar surface area (TPSA) is 113 Å². The van der Waals surface area contributed by atoms with Crippen molar-refractivity contribution >= 4 is 35.2 Å². The van der Waals surface area contributed by atoms with Gasteiger partial charge in [-0.05, 0) is 67.6 Å². The number of hydrogen-bond donors (Lipinski definition) is 0. The molecular formula is C29H21NO7S. The molecule has 0 amide bonds. The number of benzene rings is 4. The van der Waals surface area contributed by atoms with Crippen LogP contribution in [0, 0.1) is 17.0 Å². The number of Topliss-reactive ketones (excluding diaryl/α,β-unsaturated/α-hetero) is 1. The van der Waals surface area contributed by atoms with E-state index in [1.54, 1.807) is 48.5 Å². The van der Waals surface area contributed by atoms with E-state index in [2.05, 4.69) is 0 Å². The Bertz CT molecular complexity index is 1480. The number of nitro benzene ring substituents is 1. The van der Waals surface area contributed by atoms with Crippen LogP contribution in [0.15, 0.2) is 107 Å². The van der Waals surface area contributed by atoms with Crippen LogP contribution in [0.2, 0.25) is 0 Å². The Morgan fingerprint density at radius 1 is 0.789 bits per heavy atom. The van der Waals surface area contributed by atoms with Crippen molar-refractivity contribution in [2.75, 3.05) is 6.61 Å². The van der Waals surface area contributed by atoms with E-state index in [0.29, 0.717) is 20.9 Å². The average molecular weight is 528 g/mol. The van der Waals surface area contributed by atoms with Crippen LogP contribution >= 0.6 is 11.8 Å². The predicted octanol–water partition coefficient (Wildman–Crippen LogP) is 6.31. The molecule has 0 aliphatic rings. The summed E-state index contributed by atoms with van der Waals surface area (Å²) in [5.41, 5.74) is 1.97. The molecule has 0 heterocycles. The van der Waals surface area contributed by atoms with Crippen LogP contribution in [0.4, 0.5) is 5.69 Å². The van der Waals surface area contributed by atoms with Gasteiger partial charge in [-0.1, -0.05) is 41.6 Å². The molecule has 0 bridgehead atoms. The van der Waals surface area contributed by atoms with E-state index < -0.39 is 29.3 Å². The number of nitrogens with zero attached hydrogens (tertiary/aromatic N) is 1. The number of non-ortho nitro benzene ring substituents is 1. The Morgan fingerprint density at radius 2 is 1.42 bits per heavy atom. The van der Waals surface area contributed by atoms with E-state index in [0.717, 1.165) is 5.56 Å². The Kier molecular flexibility index (Phi) is 8.30. The van der Waals surface area contributed by atoms with Gasteiger partial charge in [-0.2, -0.15) is 0 Å². The van der Waals surface area contributed by atoms with Crippen molar-refractivity contribution in [1.29, 1.82) is 0 Å². The lowest BCUT2D eigenvalue weighted by Gasteiger charge is -2.09. The molecule has 0 aliphatic carbocycles. The Morgan fingerprint density at radius 3 is 2.08 bits per heavy atom. The Hall–Kier alpha value is -4.76. The number of carbonyl (C=O) groups is 3. The molecule has 190 valence electrons. The highest BCUT2D eigenvalue weighted by atomic mass is 32.2.